The molecule has 3 N–H and O–H groups in total. The first-order valence-corrected chi connectivity index (χ1v) is 6.89. The number of amidine groups is 1. The number of rotatable bonds is 4. The van der Waals surface area contributed by atoms with Gasteiger partial charge >= 0.3 is 0 Å². The van der Waals surface area contributed by atoms with Crippen LogP contribution >= 0.6 is 11.8 Å². The molecule has 0 bridgehead atoms. The van der Waals surface area contributed by atoms with Crippen LogP contribution in [0.2, 0.25) is 0 Å². The first-order chi connectivity index (χ1) is 8.31. The number of aromatic nitrogens is 1. The Morgan fingerprint density at radius 3 is 3.00 bits per heavy atom. The van der Waals surface area contributed by atoms with Crippen molar-refractivity contribution in [2.45, 2.75) is 36.7 Å². The monoisotopic (exact) mass is 251 g/mol. The van der Waals surface area contributed by atoms with Gasteiger partial charge in [-0.3, -0.25) is 4.98 Å². The molecule has 1 aromatic heterocycles. The summed E-state index contributed by atoms with van der Waals surface area (Å²) in [5.74, 6) is 0.969. The Kier molecular flexibility index (Phi) is 4.25. The van der Waals surface area contributed by atoms with Crippen molar-refractivity contribution >= 4 is 17.6 Å². The summed E-state index contributed by atoms with van der Waals surface area (Å²) in [6.07, 6.45) is 6.97. The largest absolute Gasteiger partial charge is 0.409 e. The van der Waals surface area contributed by atoms with E-state index in [1.165, 1.54) is 25.7 Å². The lowest BCUT2D eigenvalue weighted by Crippen LogP contribution is -2.17. The lowest BCUT2D eigenvalue weighted by molar-refractivity contribution is 0.318. The molecule has 1 aromatic rings. The molecule has 92 valence electrons. The molecule has 4 nitrogen and oxygen atoms in total. The molecule has 0 amide bonds. The molecule has 0 saturated heterocycles. The Morgan fingerprint density at radius 1 is 1.53 bits per heavy atom. The van der Waals surface area contributed by atoms with Crippen LogP contribution in [0.3, 0.4) is 0 Å². The average Bonchev–Trinajstić information content (AvgIpc) is 2.89. The molecule has 0 atom stereocenters. The number of hydrogen-bond acceptors (Lipinski definition) is 4. The molecule has 1 aliphatic carbocycles. The van der Waals surface area contributed by atoms with E-state index in [-0.39, 0.29) is 5.84 Å². The van der Waals surface area contributed by atoms with Gasteiger partial charge in [-0.05, 0) is 24.5 Å². The minimum absolute atomic E-state index is 0.0904. The van der Waals surface area contributed by atoms with Crippen molar-refractivity contribution in [2.24, 2.45) is 10.9 Å². The molecular formula is C12H17N3OS. The van der Waals surface area contributed by atoms with Crippen molar-refractivity contribution in [2.75, 3.05) is 0 Å². The van der Waals surface area contributed by atoms with Crippen LogP contribution in [0.1, 0.15) is 36.9 Å². The second-order valence-electron chi connectivity index (χ2n) is 4.21. The molecule has 17 heavy (non-hydrogen) atoms. The van der Waals surface area contributed by atoms with Crippen molar-refractivity contribution in [1.29, 1.82) is 0 Å². The summed E-state index contributed by atoms with van der Waals surface area (Å²) in [6, 6.07) is 3.88. The van der Waals surface area contributed by atoms with Gasteiger partial charge in [0.2, 0.25) is 0 Å². The summed E-state index contributed by atoms with van der Waals surface area (Å²) in [7, 11) is 0. The van der Waals surface area contributed by atoms with Crippen LogP contribution in [0, 0.1) is 0 Å². The quantitative estimate of drug-likeness (QED) is 0.373. The van der Waals surface area contributed by atoms with Crippen LogP contribution in [-0.4, -0.2) is 21.3 Å². The number of nitrogens with zero attached hydrogens (tertiary/aromatic N) is 2. The number of hydrogen-bond donors (Lipinski definition) is 2. The van der Waals surface area contributed by atoms with Gasteiger partial charge in [-0.1, -0.05) is 24.1 Å². The molecule has 0 unspecified atom stereocenters. The third-order valence-corrected chi connectivity index (χ3v) is 4.44. The summed E-state index contributed by atoms with van der Waals surface area (Å²) < 4.78 is 0. The lowest BCUT2D eigenvalue weighted by atomic mass is 10.2. The maximum absolute atomic E-state index is 8.71. The van der Waals surface area contributed by atoms with Crippen molar-refractivity contribution < 1.29 is 5.21 Å². The minimum Gasteiger partial charge on any atom is -0.409 e. The number of pyridine rings is 1. The van der Waals surface area contributed by atoms with Gasteiger partial charge in [-0.15, -0.1) is 0 Å². The van der Waals surface area contributed by atoms with Gasteiger partial charge in [0.25, 0.3) is 0 Å². The van der Waals surface area contributed by atoms with Crippen LogP contribution < -0.4 is 5.73 Å². The van der Waals surface area contributed by atoms with Gasteiger partial charge in [0, 0.05) is 17.2 Å². The zero-order chi connectivity index (χ0) is 12.1. The maximum atomic E-state index is 8.71. The second-order valence-corrected chi connectivity index (χ2v) is 5.50. The van der Waals surface area contributed by atoms with Crippen molar-refractivity contribution in [1.82, 2.24) is 4.98 Å². The average molecular weight is 251 g/mol. The van der Waals surface area contributed by atoms with E-state index >= 15 is 0 Å². The Labute approximate surface area is 105 Å². The van der Waals surface area contributed by atoms with Crippen LogP contribution in [0.15, 0.2) is 23.5 Å². The normalized spacial score (nSPS) is 17.5. The number of oxime groups is 1. The maximum Gasteiger partial charge on any atom is 0.189 e. The highest BCUT2D eigenvalue weighted by Crippen LogP contribution is 2.31. The highest BCUT2D eigenvalue weighted by molar-refractivity contribution is 7.99. The molecule has 0 radical (unpaired) electrons. The Balaban J connectivity index is 2.04. The second kappa shape index (κ2) is 5.91. The molecule has 1 saturated carbocycles. The van der Waals surface area contributed by atoms with Crippen LogP contribution in [-0.2, 0) is 5.75 Å². The van der Waals surface area contributed by atoms with E-state index in [1.807, 2.05) is 23.9 Å². The SMILES string of the molecule is NC(=NO)c1ncccc1CSC1CCCC1. The molecule has 0 spiro atoms. The van der Waals surface area contributed by atoms with Gasteiger partial charge in [-0.2, -0.15) is 11.8 Å². The number of thioether (sulfide) groups is 1. The van der Waals surface area contributed by atoms with E-state index in [0.29, 0.717) is 5.69 Å². The van der Waals surface area contributed by atoms with Gasteiger partial charge in [0.15, 0.2) is 5.84 Å². The van der Waals surface area contributed by atoms with E-state index in [1.54, 1.807) is 6.20 Å². The molecule has 0 aliphatic heterocycles. The summed E-state index contributed by atoms with van der Waals surface area (Å²) in [5.41, 5.74) is 7.25. The Morgan fingerprint density at radius 2 is 2.29 bits per heavy atom. The van der Waals surface area contributed by atoms with E-state index in [2.05, 4.69) is 10.1 Å². The lowest BCUT2D eigenvalue weighted by Gasteiger charge is -2.10. The summed E-state index contributed by atoms with van der Waals surface area (Å²) >= 11 is 1.95. The van der Waals surface area contributed by atoms with E-state index in [9.17, 15) is 0 Å². The summed E-state index contributed by atoms with van der Waals surface area (Å²) in [6.45, 7) is 0. The van der Waals surface area contributed by atoms with Crippen LogP contribution in [0.4, 0.5) is 0 Å². The third-order valence-electron chi connectivity index (χ3n) is 3.02. The predicted molar refractivity (Wildman–Crippen MR) is 70.3 cm³/mol. The molecule has 5 heteroatoms. The molecule has 1 heterocycles. The summed E-state index contributed by atoms with van der Waals surface area (Å²) in [4.78, 5) is 4.17. The van der Waals surface area contributed by atoms with E-state index < -0.39 is 0 Å². The fraction of sp³-hybridized carbons (Fsp3) is 0.500. The first-order valence-electron chi connectivity index (χ1n) is 5.84. The number of nitrogens with two attached hydrogens (primary N) is 1. The van der Waals surface area contributed by atoms with Gasteiger partial charge in [0.05, 0.1) is 0 Å². The van der Waals surface area contributed by atoms with Crippen LogP contribution in [0.5, 0.6) is 0 Å². The highest BCUT2D eigenvalue weighted by atomic mass is 32.2. The zero-order valence-corrected chi connectivity index (χ0v) is 10.5. The Hall–Kier alpha value is -1.23. The van der Waals surface area contributed by atoms with E-state index in [4.69, 9.17) is 10.9 Å². The fourth-order valence-corrected chi connectivity index (χ4v) is 3.41. The van der Waals surface area contributed by atoms with Crippen LogP contribution in [0.25, 0.3) is 0 Å². The molecule has 2 rings (SSSR count). The first kappa shape index (κ1) is 12.2. The zero-order valence-electron chi connectivity index (χ0n) is 9.67. The fourth-order valence-electron chi connectivity index (χ4n) is 2.10. The molecule has 1 aliphatic rings. The molecule has 1 fully saturated rings. The molecular weight excluding hydrogens is 234 g/mol. The highest BCUT2D eigenvalue weighted by Gasteiger charge is 2.16. The smallest absolute Gasteiger partial charge is 0.189 e. The molecule has 0 aromatic carbocycles. The van der Waals surface area contributed by atoms with E-state index in [0.717, 1.165) is 16.6 Å². The third kappa shape index (κ3) is 3.12. The standard InChI is InChI=1S/C12H17N3OS/c13-12(15-16)11-9(4-3-7-14-11)8-17-10-5-1-2-6-10/h3-4,7,10,16H,1-2,5-6,8H2,(H2,13,15). The minimum atomic E-state index is 0.0904. The Bertz CT molecular complexity index is 402. The van der Waals surface area contributed by atoms with Gasteiger partial charge in [0.1, 0.15) is 5.69 Å². The van der Waals surface area contributed by atoms with Crippen molar-refractivity contribution in [3.05, 3.63) is 29.6 Å². The van der Waals surface area contributed by atoms with Crippen molar-refractivity contribution in [3.63, 3.8) is 0 Å². The summed E-state index contributed by atoms with van der Waals surface area (Å²) in [5, 5.41) is 12.5. The van der Waals surface area contributed by atoms with Gasteiger partial charge in [-0.25, -0.2) is 0 Å². The van der Waals surface area contributed by atoms with Gasteiger partial charge < -0.3 is 10.9 Å². The van der Waals surface area contributed by atoms with Crippen molar-refractivity contribution in [3.8, 4) is 0 Å². The predicted octanol–water partition coefficient (Wildman–Crippen LogP) is 2.35. The topological polar surface area (TPSA) is 71.5 Å².